The molecule has 100 valence electrons. The zero-order valence-corrected chi connectivity index (χ0v) is 11.8. The van der Waals surface area contributed by atoms with E-state index in [1.807, 2.05) is 25.7 Å². The number of rotatable bonds is 1. The van der Waals surface area contributed by atoms with E-state index in [1.165, 1.54) is 0 Å². The Morgan fingerprint density at radius 1 is 1.24 bits per heavy atom. The van der Waals surface area contributed by atoms with Crippen molar-refractivity contribution >= 4 is 6.09 Å². The minimum atomic E-state index is -0.398. The van der Waals surface area contributed by atoms with Gasteiger partial charge in [0.25, 0.3) is 0 Å². The number of nitrogens with zero attached hydrogens (tertiary/aromatic N) is 2. The Balaban J connectivity index is 2.48. The highest BCUT2D eigenvalue weighted by Crippen LogP contribution is 2.17. The molecule has 4 heteroatoms. The lowest BCUT2D eigenvalue weighted by Gasteiger charge is -2.27. The van der Waals surface area contributed by atoms with E-state index < -0.39 is 5.60 Å². The molecule has 0 saturated carbocycles. The van der Waals surface area contributed by atoms with Crippen molar-refractivity contribution < 1.29 is 9.53 Å². The summed E-state index contributed by atoms with van der Waals surface area (Å²) in [6.45, 7) is 7.35. The van der Waals surface area contributed by atoms with Gasteiger partial charge < -0.3 is 14.5 Å². The van der Waals surface area contributed by atoms with E-state index in [4.69, 9.17) is 4.74 Å². The molecule has 1 aliphatic heterocycles. The van der Waals surface area contributed by atoms with Crippen molar-refractivity contribution in [3.63, 3.8) is 0 Å². The third kappa shape index (κ3) is 4.94. The molecule has 1 rings (SSSR count). The molecule has 1 fully saturated rings. The molecule has 1 saturated heterocycles. The van der Waals surface area contributed by atoms with Gasteiger partial charge in [0, 0.05) is 19.1 Å². The van der Waals surface area contributed by atoms with Crippen LogP contribution in [0.4, 0.5) is 4.79 Å². The highest BCUT2D eigenvalue weighted by molar-refractivity contribution is 5.68. The van der Waals surface area contributed by atoms with Crippen LogP contribution in [0.3, 0.4) is 0 Å². The normalized spacial score (nSPS) is 22.5. The quantitative estimate of drug-likeness (QED) is 0.707. The van der Waals surface area contributed by atoms with E-state index >= 15 is 0 Å². The number of amides is 1. The Bertz CT molecular complexity index is 259. The van der Waals surface area contributed by atoms with E-state index in [2.05, 4.69) is 19.0 Å². The van der Waals surface area contributed by atoms with Gasteiger partial charge >= 0.3 is 6.09 Å². The average molecular weight is 242 g/mol. The molecule has 0 unspecified atom stereocenters. The molecule has 0 aliphatic carbocycles. The lowest BCUT2D eigenvalue weighted by Crippen LogP contribution is -2.38. The van der Waals surface area contributed by atoms with Crippen LogP contribution in [0.5, 0.6) is 0 Å². The number of hydrogen-bond donors (Lipinski definition) is 0. The molecule has 0 aromatic carbocycles. The van der Waals surface area contributed by atoms with Crippen LogP contribution in [0.25, 0.3) is 0 Å². The predicted octanol–water partition coefficient (Wildman–Crippen LogP) is 2.34. The molecular formula is C13H26N2O2. The molecule has 4 nitrogen and oxygen atoms in total. The maximum absolute atomic E-state index is 11.9. The second kappa shape index (κ2) is 5.71. The van der Waals surface area contributed by atoms with Gasteiger partial charge in [0.05, 0.1) is 0 Å². The summed E-state index contributed by atoms with van der Waals surface area (Å²) in [6.07, 6.45) is 3.08. The lowest BCUT2D eigenvalue weighted by atomic mass is 10.1. The number of likely N-dealkylation sites (tertiary alicyclic amines) is 1. The molecule has 0 N–H and O–H groups in total. The Morgan fingerprint density at radius 3 is 2.41 bits per heavy atom. The van der Waals surface area contributed by atoms with Crippen molar-refractivity contribution in [3.8, 4) is 0 Å². The maximum atomic E-state index is 11.9. The molecule has 17 heavy (non-hydrogen) atoms. The molecule has 1 amide bonds. The summed E-state index contributed by atoms with van der Waals surface area (Å²) < 4.78 is 5.40. The molecule has 0 aromatic heterocycles. The summed E-state index contributed by atoms with van der Waals surface area (Å²) in [4.78, 5) is 16.0. The highest BCUT2D eigenvalue weighted by atomic mass is 16.6. The van der Waals surface area contributed by atoms with Crippen molar-refractivity contribution in [2.45, 2.75) is 51.7 Å². The Hall–Kier alpha value is -0.770. The van der Waals surface area contributed by atoms with E-state index in [9.17, 15) is 4.79 Å². The monoisotopic (exact) mass is 242 g/mol. The third-order valence-corrected chi connectivity index (χ3v) is 3.08. The number of hydrogen-bond acceptors (Lipinski definition) is 3. The number of carbonyl (C=O) groups excluding carboxylic acids is 1. The highest BCUT2D eigenvalue weighted by Gasteiger charge is 2.25. The predicted molar refractivity (Wildman–Crippen MR) is 69.1 cm³/mol. The smallest absolute Gasteiger partial charge is 0.410 e. The first-order valence-electron chi connectivity index (χ1n) is 6.44. The van der Waals surface area contributed by atoms with Crippen LogP contribution in [0.15, 0.2) is 0 Å². The van der Waals surface area contributed by atoms with Gasteiger partial charge in [0.1, 0.15) is 5.60 Å². The first-order valence-corrected chi connectivity index (χ1v) is 6.44. The fourth-order valence-electron chi connectivity index (χ4n) is 2.10. The van der Waals surface area contributed by atoms with Crippen LogP contribution < -0.4 is 0 Å². The second-order valence-electron chi connectivity index (χ2n) is 6.02. The van der Waals surface area contributed by atoms with Crippen LogP contribution in [0, 0.1) is 0 Å². The molecule has 0 aromatic rings. The van der Waals surface area contributed by atoms with E-state index in [-0.39, 0.29) is 6.09 Å². The zero-order chi connectivity index (χ0) is 13.1. The van der Waals surface area contributed by atoms with Crippen LogP contribution in [0.1, 0.15) is 40.0 Å². The zero-order valence-electron chi connectivity index (χ0n) is 11.8. The minimum absolute atomic E-state index is 0.170. The van der Waals surface area contributed by atoms with Crippen LogP contribution in [0.2, 0.25) is 0 Å². The van der Waals surface area contributed by atoms with Gasteiger partial charge in [0.15, 0.2) is 0 Å². The van der Waals surface area contributed by atoms with Gasteiger partial charge in [-0.25, -0.2) is 4.79 Å². The summed E-state index contributed by atoms with van der Waals surface area (Å²) in [5.74, 6) is 0. The summed E-state index contributed by atoms with van der Waals surface area (Å²) in [5, 5.41) is 0. The standard InChI is InChI=1S/C13H26N2O2/c1-13(2,3)17-12(16)15-9-6-7-11(8-10-15)14(4)5/h11H,6-10H2,1-5H3/t11-/m0/s1. The third-order valence-electron chi connectivity index (χ3n) is 3.08. The van der Waals surface area contributed by atoms with Crippen LogP contribution in [-0.4, -0.2) is 54.7 Å². The van der Waals surface area contributed by atoms with Gasteiger partial charge in [-0.2, -0.15) is 0 Å². The van der Waals surface area contributed by atoms with E-state index in [1.54, 1.807) is 0 Å². The summed E-state index contributed by atoms with van der Waals surface area (Å²) in [5.41, 5.74) is -0.398. The number of carbonyl (C=O) groups is 1. The van der Waals surface area contributed by atoms with Crippen molar-refractivity contribution in [3.05, 3.63) is 0 Å². The maximum Gasteiger partial charge on any atom is 0.410 e. The molecule has 1 heterocycles. The fraction of sp³-hybridized carbons (Fsp3) is 0.923. The van der Waals surface area contributed by atoms with E-state index in [0.717, 1.165) is 32.4 Å². The second-order valence-corrected chi connectivity index (χ2v) is 6.02. The Labute approximate surface area is 105 Å². The topological polar surface area (TPSA) is 32.8 Å². The molecule has 0 bridgehead atoms. The van der Waals surface area contributed by atoms with Crippen LogP contribution in [-0.2, 0) is 4.74 Å². The molecular weight excluding hydrogens is 216 g/mol. The average Bonchev–Trinajstić information content (AvgIpc) is 2.39. The van der Waals surface area contributed by atoms with Gasteiger partial charge in [-0.15, -0.1) is 0 Å². The van der Waals surface area contributed by atoms with Gasteiger partial charge in [-0.3, -0.25) is 0 Å². The van der Waals surface area contributed by atoms with Crippen molar-refractivity contribution in [1.29, 1.82) is 0 Å². The van der Waals surface area contributed by atoms with Gasteiger partial charge in [0.2, 0.25) is 0 Å². The number of ether oxygens (including phenoxy) is 1. The first-order chi connectivity index (χ1) is 7.79. The largest absolute Gasteiger partial charge is 0.444 e. The van der Waals surface area contributed by atoms with Crippen LogP contribution >= 0.6 is 0 Å². The fourth-order valence-corrected chi connectivity index (χ4v) is 2.10. The van der Waals surface area contributed by atoms with Gasteiger partial charge in [-0.1, -0.05) is 0 Å². The minimum Gasteiger partial charge on any atom is -0.444 e. The molecule has 1 atom stereocenters. The molecule has 0 spiro atoms. The van der Waals surface area contributed by atoms with Crippen molar-refractivity contribution in [2.75, 3.05) is 27.2 Å². The molecule has 1 aliphatic rings. The summed E-state index contributed by atoms with van der Waals surface area (Å²) in [6, 6.07) is 0.586. The van der Waals surface area contributed by atoms with E-state index in [0.29, 0.717) is 6.04 Å². The first kappa shape index (κ1) is 14.3. The lowest BCUT2D eigenvalue weighted by molar-refractivity contribution is 0.0254. The van der Waals surface area contributed by atoms with Gasteiger partial charge in [-0.05, 0) is 54.1 Å². The van der Waals surface area contributed by atoms with Crippen molar-refractivity contribution in [2.24, 2.45) is 0 Å². The summed E-state index contributed by atoms with van der Waals surface area (Å²) >= 11 is 0. The Kier molecular flexibility index (Phi) is 4.80. The van der Waals surface area contributed by atoms with Crippen molar-refractivity contribution in [1.82, 2.24) is 9.80 Å². The SMILES string of the molecule is CN(C)[C@H]1CCCN(C(=O)OC(C)(C)C)CC1. The molecule has 0 radical (unpaired) electrons. The summed E-state index contributed by atoms with van der Waals surface area (Å²) in [7, 11) is 4.21. The Morgan fingerprint density at radius 2 is 1.88 bits per heavy atom.